The monoisotopic (exact) mass is 316 g/mol. The molecule has 3 rings (SSSR count). The summed E-state index contributed by atoms with van der Waals surface area (Å²) in [5.41, 5.74) is 2.94. The van der Waals surface area contributed by atoms with Crippen molar-refractivity contribution < 1.29 is 5.11 Å². The summed E-state index contributed by atoms with van der Waals surface area (Å²) in [7, 11) is 0. The second kappa shape index (κ2) is 5.15. The quantitative estimate of drug-likeness (QED) is 0.775. The topological polar surface area (TPSA) is 48.9 Å². The van der Waals surface area contributed by atoms with Crippen LogP contribution >= 0.6 is 15.9 Å². The van der Waals surface area contributed by atoms with Crippen LogP contribution in [0, 0.1) is 0 Å². The summed E-state index contributed by atoms with van der Waals surface area (Å²) in [6, 6.07) is 13.9. The van der Waals surface area contributed by atoms with Crippen LogP contribution in [0.15, 0.2) is 53.1 Å². The van der Waals surface area contributed by atoms with Gasteiger partial charge in [-0.05, 0) is 23.3 Å². The van der Waals surface area contributed by atoms with E-state index in [1.165, 1.54) is 0 Å². The van der Waals surface area contributed by atoms with Crippen LogP contribution in [0.4, 0.5) is 0 Å². The Hall–Kier alpha value is -1.65. The summed E-state index contributed by atoms with van der Waals surface area (Å²) < 4.78 is 0.936. The van der Waals surface area contributed by atoms with E-state index in [4.69, 9.17) is 0 Å². The lowest BCUT2D eigenvalue weighted by Crippen LogP contribution is -2.02. The number of rotatable bonds is 3. The van der Waals surface area contributed by atoms with E-state index in [0.29, 0.717) is 6.42 Å². The van der Waals surface area contributed by atoms with Crippen LogP contribution in [-0.4, -0.2) is 15.3 Å². The molecule has 0 aliphatic carbocycles. The molecular weight excluding hydrogens is 304 g/mol. The Labute approximate surface area is 119 Å². The number of benzene rings is 2. The third kappa shape index (κ3) is 2.55. The number of nitrogens with one attached hydrogen (secondary N) is 1. The van der Waals surface area contributed by atoms with Crippen molar-refractivity contribution in [2.24, 2.45) is 0 Å². The molecule has 1 atom stereocenters. The summed E-state index contributed by atoms with van der Waals surface area (Å²) in [4.78, 5) is 0. The third-order valence-electron chi connectivity index (χ3n) is 3.19. The second-order valence-electron chi connectivity index (χ2n) is 4.53. The molecule has 0 saturated carbocycles. The zero-order chi connectivity index (χ0) is 13.2. The molecule has 0 spiro atoms. The minimum absolute atomic E-state index is 0.542. The van der Waals surface area contributed by atoms with E-state index in [2.05, 4.69) is 26.1 Å². The highest BCUT2D eigenvalue weighted by Gasteiger charge is 2.14. The Balaban J connectivity index is 1.97. The molecule has 4 heteroatoms. The van der Waals surface area contributed by atoms with Crippen molar-refractivity contribution in [2.45, 2.75) is 12.5 Å². The maximum Gasteiger partial charge on any atom is 0.0837 e. The van der Waals surface area contributed by atoms with Crippen molar-refractivity contribution in [1.82, 2.24) is 10.2 Å². The van der Waals surface area contributed by atoms with E-state index < -0.39 is 6.10 Å². The first kappa shape index (κ1) is 12.4. The van der Waals surface area contributed by atoms with Crippen molar-refractivity contribution in [1.29, 1.82) is 0 Å². The van der Waals surface area contributed by atoms with Crippen LogP contribution < -0.4 is 0 Å². The van der Waals surface area contributed by atoms with Crippen molar-refractivity contribution in [2.75, 3.05) is 0 Å². The predicted octanol–water partition coefficient (Wildman–Crippen LogP) is 3.60. The smallest absolute Gasteiger partial charge is 0.0837 e. The van der Waals surface area contributed by atoms with Gasteiger partial charge in [-0.2, -0.15) is 5.10 Å². The summed E-state index contributed by atoms with van der Waals surface area (Å²) in [5, 5.41) is 18.4. The normalized spacial score (nSPS) is 12.7. The lowest BCUT2D eigenvalue weighted by Gasteiger charge is -2.12. The van der Waals surface area contributed by atoms with Gasteiger partial charge in [0.05, 0.1) is 17.8 Å². The summed E-state index contributed by atoms with van der Waals surface area (Å²) in [6.07, 6.45) is 1.81. The molecule has 0 saturated heterocycles. The molecule has 96 valence electrons. The van der Waals surface area contributed by atoms with Gasteiger partial charge in [-0.1, -0.05) is 46.3 Å². The number of nitrogens with zero attached hydrogens (tertiary/aromatic N) is 1. The number of aliphatic hydroxyl groups is 1. The Bertz CT molecular complexity index is 694. The standard InChI is InChI=1S/C15H13BrN2O/c16-11-7-12(13-9-17-18-14(13)8-11)15(19)6-10-4-2-1-3-5-10/h1-5,7-9,15,19H,6H2,(H,17,18). The van der Waals surface area contributed by atoms with Gasteiger partial charge in [0.1, 0.15) is 0 Å². The lowest BCUT2D eigenvalue weighted by molar-refractivity contribution is 0.180. The molecule has 1 aromatic heterocycles. The molecule has 2 aromatic carbocycles. The first-order valence-corrected chi connectivity index (χ1v) is 6.88. The number of hydrogen-bond acceptors (Lipinski definition) is 2. The van der Waals surface area contributed by atoms with Crippen LogP contribution in [0.1, 0.15) is 17.2 Å². The Morgan fingerprint density at radius 2 is 2.00 bits per heavy atom. The van der Waals surface area contributed by atoms with E-state index >= 15 is 0 Å². The van der Waals surface area contributed by atoms with Crippen LogP contribution in [0.2, 0.25) is 0 Å². The van der Waals surface area contributed by atoms with Gasteiger partial charge in [0.2, 0.25) is 0 Å². The molecule has 1 heterocycles. The minimum Gasteiger partial charge on any atom is -0.388 e. The van der Waals surface area contributed by atoms with Gasteiger partial charge >= 0.3 is 0 Å². The number of fused-ring (bicyclic) bond motifs is 1. The van der Waals surface area contributed by atoms with Crippen LogP contribution in [-0.2, 0) is 6.42 Å². The van der Waals surface area contributed by atoms with Gasteiger partial charge in [-0.3, -0.25) is 5.10 Å². The summed E-state index contributed by atoms with van der Waals surface area (Å²) in [5.74, 6) is 0. The van der Waals surface area contributed by atoms with E-state index in [0.717, 1.165) is 26.5 Å². The van der Waals surface area contributed by atoms with Gasteiger partial charge in [0, 0.05) is 16.3 Å². The van der Waals surface area contributed by atoms with Gasteiger partial charge in [0.25, 0.3) is 0 Å². The number of hydrogen-bond donors (Lipinski definition) is 2. The Morgan fingerprint density at radius 3 is 2.79 bits per heavy atom. The van der Waals surface area contributed by atoms with E-state index in [1.54, 1.807) is 6.20 Å². The highest BCUT2D eigenvalue weighted by molar-refractivity contribution is 9.10. The summed E-state index contributed by atoms with van der Waals surface area (Å²) in [6.45, 7) is 0. The molecule has 0 amide bonds. The number of aliphatic hydroxyl groups excluding tert-OH is 1. The minimum atomic E-state index is -0.542. The lowest BCUT2D eigenvalue weighted by atomic mass is 9.99. The molecule has 3 aromatic rings. The Kier molecular flexibility index (Phi) is 3.36. The number of H-pyrrole nitrogens is 1. The first-order valence-electron chi connectivity index (χ1n) is 6.08. The van der Waals surface area contributed by atoms with Crippen LogP contribution in [0.5, 0.6) is 0 Å². The predicted molar refractivity (Wildman–Crippen MR) is 78.9 cm³/mol. The number of halogens is 1. The van der Waals surface area contributed by atoms with Crippen molar-refractivity contribution in [3.05, 3.63) is 64.3 Å². The fourth-order valence-corrected chi connectivity index (χ4v) is 2.74. The molecule has 0 fully saturated rings. The maximum atomic E-state index is 10.5. The number of aromatic amines is 1. The van der Waals surface area contributed by atoms with Gasteiger partial charge in [0.15, 0.2) is 0 Å². The molecule has 2 N–H and O–H groups in total. The average Bonchev–Trinajstić information content (AvgIpc) is 2.86. The molecular formula is C15H13BrN2O. The fourth-order valence-electron chi connectivity index (χ4n) is 2.27. The zero-order valence-electron chi connectivity index (χ0n) is 10.2. The van der Waals surface area contributed by atoms with E-state index in [9.17, 15) is 5.11 Å². The molecule has 1 unspecified atom stereocenters. The highest BCUT2D eigenvalue weighted by atomic mass is 79.9. The van der Waals surface area contributed by atoms with Crippen LogP contribution in [0.3, 0.4) is 0 Å². The SMILES string of the molecule is OC(Cc1ccccc1)c1cc(Br)cc2[nH]ncc12. The van der Waals surface area contributed by atoms with E-state index in [1.807, 2.05) is 42.5 Å². The zero-order valence-corrected chi connectivity index (χ0v) is 11.8. The van der Waals surface area contributed by atoms with Crippen molar-refractivity contribution in [3.63, 3.8) is 0 Å². The van der Waals surface area contributed by atoms with Gasteiger partial charge in [-0.15, -0.1) is 0 Å². The molecule has 0 aliphatic rings. The first-order chi connectivity index (χ1) is 9.24. The third-order valence-corrected chi connectivity index (χ3v) is 3.64. The largest absolute Gasteiger partial charge is 0.388 e. The van der Waals surface area contributed by atoms with Crippen molar-refractivity contribution >= 4 is 26.8 Å². The molecule has 0 radical (unpaired) electrons. The molecule has 0 bridgehead atoms. The maximum absolute atomic E-state index is 10.5. The highest BCUT2D eigenvalue weighted by Crippen LogP contribution is 2.29. The molecule has 3 nitrogen and oxygen atoms in total. The van der Waals surface area contributed by atoms with Gasteiger partial charge < -0.3 is 5.11 Å². The van der Waals surface area contributed by atoms with Gasteiger partial charge in [-0.25, -0.2) is 0 Å². The Morgan fingerprint density at radius 1 is 1.21 bits per heavy atom. The molecule has 0 aliphatic heterocycles. The van der Waals surface area contributed by atoms with Crippen LogP contribution in [0.25, 0.3) is 10.9 Å². The molecule has 19 heavy (non-hydrogen) atoms. The number of aromatic nitrogens is 2. The average molecular weight is 317 g/mol. The second-order valence-corrected chi connectivity index (χ2v) is 5.45. The van der Waals surface area contributed by atoms with Crippen molar-refractivity contribution in [3.8, 4) is 0 Å². The van der Waals surface area contributed by atoms with E-state index in [-0.39, 0.29) is 0 Å². The summed E-state index contributed by atoms with van der Waals surface area (Å²) >= 11 is 3.46. The fraction of sp³-hybridized carbons (Fsp3) is 0.133.